The van der Waals surface area contributed by atoms with Crippen LogP contribution in [-0.2, 0) is 38.0 Å². The summed E-state index contributed by atoms with van der Waals surface area (Å²) in [6, 6.07) is 0. The minimum absolute atomic E-state index is 0.0944. The first-order valence-electron chi connectivity index (χ1n) is 18.0. The Morgan fingerprint density at radius 3 is 1.23 bits per heavy atom. The third-order valence-electron chi connectivity index (χ3n) is 9.12. The Labute approximate surface area is 328 Å². The lowest BCUT2D eigenvalue weighted by molar-refractivity contribution is -0.326. The molecule has 3 aliphatic rings. The van der Waals surface area contributed by atoms with Crippen molar-refractivity contribution in [2.45, 2.75) is 120 Å². The molecule has 320 valence electrons. The average molecular weight is 815 g/mol. The number of carbonyl (C=O) groups is 2. The second kappa shape index (κ2) is 22.6. The molecule has 19 nitrogen and oxygen atoms in total. The van der Waals surface area contributed by atoms with E-state index < -0.39 is 124 Å². The van der Waals surface area contributed by atoms with Crippen molar-refractivity contribution in [3.05, 3.63) is 83.1 Å². The van der Waals surface area contributed by atoms with Crippen LogP contribution in [0.3, 0.4) is 0 Å². The molecule has 6 unspecified atom stereocenters. The normalized spacial score (nSPS) is 37.6. The molecule has 3 fully saturated rings. The van der Waals surface area contributed by atoms with E-state index in [1.165, 1.54) is 26.0 Å². The van der Waals surface area contributed by atoms with E-state index in [0.717, 1.165) is 11.1 Å². The number of esters is 2. The molecule has 0 bridgehead atoms. The zero-order valence-corrected chi connectivity index (χ0v) is 31.7. The molecule has 0 aromatic carbocycles. The summed E-state index contributed by atoms with van der Waals surface area (Å²) < 4.78 is 31.6. The molecular weight excluding hydrogens is 760 g/mol. The van der Waals surface area contributed by atoms with Gasteiger partial charge in [-0.2, -0.15) is 0 Å². The van der Waals surface area contributed by atoms with Gasteiger partial charge in [-0.1, -0.05) is 71.9 Å². The maximum atomic E-state index is 12.7. The minimum atomic E-state index is -1.83. The van der Waals surface area contributed by atoms with Crippen molar-refractivity contribution < 1.29 is 94.2 Å². The van der Waals surface area contributed by atoms with E-state index >= 15 is 0 Å². The fraction of sp³-hybridized carbons (Fsp3) is 0.579. The van der Waals surface area contributed by atoms with Crippen LogP contribution in [0.5, 0.6) is 0 Å². The Morgan fingerprint density at radius 2 is 0.825 bits per heavy atom. The van der Waals surface area contributed by atoms with Gasteiger partial charge in [-0.25, -0.2) is 9.59 Å². The quantitative estimate of drug-likeness (QED) is 0.0445. The maximum Gasteiger partial charge on any atom is 0.336 e. The molecule has 0 saturated carbocycles. The van der Waals surface area contributed by atoms with Crippen molar-refractivity contribution in [3.63, 3.8) is 0 Å². The Balaban J connectivity index is 1.48. The first kappa shape index (κ1) is 47.9. The summed E-state index contributed by atoms with van der Waals surface area (Å²) in [5, 5.41) is 110. The molecule has 0 aliphatic carbocycles. The van der Waals surface area contributed by atoms with Gasteiger partial charge >= 0.3 is 11.9 Å². The maximum absolute atomic E-state index is 12.7. The molecule has 11 N–H and O–H groups in total. The molecule has 15 atom stereocenters. The largest absolute Gasteiger partial charge is 0.429 e. The zero-order chi connectivity index (χ0) is 42.6. The molecule has 0 spiro atoms. The number of ether oxygens (including phenoxy) is 6. The molecule has 0 aromatic rings. The number of aliphatic hydroxyl groups is 11. The fourth-order valence-corrected chi connectivity index (χ4v) is 5.46. The second-order valence-electron chi connectivity index (χ2n) is 13.7. The molecule has 57 heavy (non-hydrogen) atoms. The van der Waals surface area contributed by atoms with Crippen molar-refractivity contribution in [3.8, 4) is 0 Å². The predicted molar refractivity (Wildman–Crippen MR) is 195 cm³/mol. The highest BCUT2D eigenvalue weighted by Crippen LogP contribution is 2.27. The summed E-state index contributed by atoms with van der Waals surface area (Å²) in [5.74, 6) is -1.75. The van der Waals surface area contributed by atoms with E-state index in [1.807, 2.05) is 6.92 Å². The van der Waals surface area contributed by atoms with Crippen molar-refractivity contribution >= 4 is 11.9 Å². The summed E-state index contributed by atoms with van der Waals surface area (Å²) in [6.07, 6.45) is -7.55. The Morgan fingerprint density at radius 1 is 0.474 bits per heavy atom. The molecule has 19 heteroatoms. The smallest absolute Gasteiger partial charge is 0.336 e. The zero-order valence-electron chi connectivity index (χ0n) is 31.7. The summed E-state index contributed by atoms with van der Waals surface area (Å²) in [6.45, 7) is 4.59. The summed E-state index contributed by atoms with van der Waals surface area (Å²) in [4.78, 5) is 25.2. The molecule has 0 amide bonds. The van der Waals surface area contributed by atoms with Crippen LogP contribution in [-0.4, -0.2) is 180 Å². The minimum Gasteiger partial charge on any atom is -0.429 e. The van der Waals surface area contributed by atoms with Crippen LogP contribution >= 0.6 is 0 Å². The first-order chi connectivity index (χ1) is 26.9. The van der Waals surface area contributed by atoms with Gasteiger partial charge in [0.25, 0.3) is 0 Å². The third kappa shape index (κ3) is 13.3. The van der Waals surface area contributed by atoms with Crippen LogP contribution in [0.2, 0.25) is 0 Å². The number of hydrogen-bond donors (Lipinski definition) is 11. The number of hydrogen-bond acceptors (Lipinski definition) is 19. The van der Waals surface area contributed by atoms with Gasteiger partial charge in [0.2, 0.25) is 12.6 Å². The molecule has 3 heterocycles. The van der Waals surface area contributed by atoms with Gasteiger partial charge in [0, 0.05) is 11.1 Å². The molecular formula is C38H54O19. The van der Waals surface area contributed by atoms with Crippen LogP contribution < -0.4 is 0 Å². The van der Waals surface area contributed by atoms with Gasteiger partial charge in [-0.15, -0.1) is 0 Å². The Hall–Kier alpha value is -3.48. The van der Waals surface area contributed by atoms with E-state index in [9.17, 15) is 65.8 Å². The Kier molecular flexibility index (Phi) is 19.0. The lowest BCUT2D eigenvalue weighted by Gasteiger charge is -2.42. The number of rotatable bonds is 15. The average Bonchev–Trinajstić information content (AvgIpc) is 3.18. The van der Waals surface area contributed by atoms with E-state index in [1.54, 1.807) is 55.5 Å². The van der Waals surface area contributed by atoms with E-state index in [-0.39, 0.29) is 11.1 Å². The molecule has 3 aliphatic heterocycles. The molecule has 3 saturated heterocycles. The van der Waals surface area contributed by atoms with Crippen molar-refractivity contribution in [2.24, 2.45) is 0 Å². The fourth-order valence-electron chi connectivity index (χ4n) is 5.46. The van der Waals surface area contributed by atoms with Gasteiger partial charge < -0.3 is 84.6 Å². The summed E-state index contributed by atoms with van der Waals surface area (Å²) >= 11 is 0. The third-order valence-corrected chi connectivity index (χ3v) is 9.12. The SMILES string of the molecule is CC(/C=C/C=C(\C)C(=O)O[C@@H]1OC(CO)[C@@H](O)[C@H](O)C1O)=C\C=C\C=C(C)\C=C\C=C(/C)C(=O)O[C@@H]1OC(CO[C@@H]2OC(CO)[C@@H](O)[C@H](O)C2O)[C@@H](O)[C@H](O)C1O. The second-order valence-corrected chi connectivity index (χ2v) is 13.7. The van der Waals surface area contributed by atoms with Gasteiger partial charge in [-0.05, 0) is 27.7 Å². The monoisotopic (exact) mass is 814 g/mol. The lowest BCUT2D eigenvalue weighted by atomic mass is 9.98. The predicted octanol–water partition coefficient (Wildman–Crippen LogP) is -3.05. The Bertz CT molecular complexity index is 1550. The van der Waals surface area contributed by atoms with Gasteiger partial charge in [0.1, 0.15) is 73.2 Å². The standard InChI is InChI=1S/C38H54O19/c1-18(11-7-13-20(3)34(50)56-37-32(48)29(45)26(42)23(16-40)54-37)9-5-6-10-19(2)12-8-14-21(4)35(51)57-38-33(49)30(46)27(43)24(55-38)17-52-36-31(47)28(44)25(41)22(15-39)53-36/h5-14,22-33,36-49H,15-17H2,1-4H3/b6-5+,11-7+,12-8+,18-9+,19-10+,20-13+,21-14+/t22?,23?,24?,25-,26-,27-,28+,29+,30+,31?,32?,33?,36-,37+,38+/m1/s1. The molecule has 0 aromatic heterocycles. The molecule has 3 rings (SSSR count). The summed E-state index contributed by atoms with van der Waals surface area (Å²) in [5.41, 5.74) is 1.86. The van der Waals surface area contributed by atoms with Crippen molar-refractivity contribution in [1.29, 1.82) is 0 Å². The van der Waals surface area contributed by atoms with E-state index in [2.05, 4.69) is 0 Å². The highest BCUT2D eigenvalue weighted by atomic mass is 16.7. The van der Waals surface area contributed by atoms with Crippen molar-refractivity contribution in [1.82, 2.24) is 0 Å². The van der Waals surface area contributed by atoms with Crippen LogP contribution in [0, 0.1) is 0 Å². The van der Waals surface area contributed by atoms with Crippen LogP contribution in [0.15, 0.2) is 83.1 Å². The highest BCUT2D eigenvalue weighted by Gasteiger charge is 2.48. The van der Waals surface area contributed by atoms with Crippen molar-refractivity contribution in [2.75, 3.05) is 19.8 Å². The first-order valence-corrected chi connectivity index (χ1v) is 18.0. The van der Waals surface area contributed by atoms with Gasteiger partial charge in [0.05, 0.1) is 19.8 Å². The van der Waals surface area contributed by atoms with E-state index in [0.29, 0.717) is 0 Å². The topological polar surface area (TPSA) is 312 Å². The number of allylic oxidation sites excluding steroid dienone is 12. The number of carbonyl (C=O) groups excluding carboxylic acids is 2. The number of aliphatic hydroxyl groups excluding tert-OH is 11. The van der Waals surface area contributed by atoms with Crippen LogP contribution in [0.4, 0.5) is 0 Å². The molecule has 0 radical (unpaired) electrons. The van der Waals surface area contributed by atoms with Crippen LogP contribution in [0.1, 0.15) is 27.7 Å². The van der Waals surface area contributed by atoms with E-state index in [4.69, 9.17) is 28.4 Å². The lowest BCUT2D eigenvalue weighted by Crippen LogP contribution is -2.61. The van der Waals surface area contributed by atoms with Gasteiger partial charge in [-0.3, -0.25) is 0 Å². The van der Waals surface area contributed by atoms with Gasteiger partial charge in [0.15, 0.2) is 6.29 Å². The summed E-state index contributed by atoms with van der Waals surface area (Å²) in [7, 11) is 0. The highest BCUT2D eigenvalue weighted by molar-refractivity contribution is 5.88. The van der Waals surface area contributed by atoms with Crippen LogP contribution in [0.25, 0.3) is 0 Å².